The van der Waals surface area contributed by atoms with Crippen LogP contribution in [0.2, 0.25) is 0 Å². The van der Waals surface area contributed by atoms with Gasteiger partial charge in [-0.15, -0.1) is 0 Å². The van der Waals surface area contributed by atoms with Crippen LogP contribution in [0.4, 0.5) is 15.8 Å². The van der Waals surface area contributed by atoms with Gasteiger partial charge < -0.3 is 0 Å². The molecule has 0 N–H and O–H groups in total. The number of hydrogen-bond donors (Lipinski definition) is 0. The normalized spacial score (nSPS) is 12.9. The highest BCUT2D eigenvalue weighted by Crippen LogP contribution is 2.37. The fourth-order valence-electron chi connectivity index (χ4n) is 3.18. The Morgan fingerprint density at radius 2 is 1.40 bits per heavy atom. The fraction of sp³-hybridized carbons (Fsp3) is 0.100. The Bertz CT molecular complexity index is 1480. The maximum atomic E-state index is 14.4. The lowest BCUT2D eigenvalue weighted by atomic mass is 10.1. The van der Waals surface area contributed by atoms with Gasteiger partial charge in [-0.3, -0.25) is 20.2 Å². The van der Waals surface area contributed by atoms with E-state index in [0.29, 0.717) is 4.47 Å². The zero-order valence-corrected chi connectivity index (χ0v) is 20.6. The molecule has 0 aliphatic carbocycles. The van der Waals surface area contributed by atoms with Crippen molar-refractivity contribution in [3.05, 3.63) is 103 Å². The largest absolute Gasteiger partial charge is 0.289 e. The number of nitro benzene ring substituents is 2. The number of rotatable bonds is 9. The van der Waals surface area contributed by atoms with E-state index in [4.69, 9.17) is 0 Å². The first-order valence-electron chi connectivity index (χ1n) is 9.50. The Morgan fingerprint density at radius 3 is 1.91 bits per heavy atom. The monoisotopic (exact) mass is 587 g/mol. The fourth-order valence-corrected chi connectivity index (χ4v) is 7.55. The summed E-state index contributed by atoms with van der Waals surface area (Å²) < 4.78 is 69.3. The molecule has 3 rings (SSSR count). The molecule has 0 aromatic heterocycles. The van der Waals surface area contributed by atoms with Crippen LogP contribution in [0.3, 0.4) is 0 Å². The van der Waals surface area contributed by atoms with Crippen molar-refractivity contribution in [2.45, 2.75) is 15.8 Å². The molecule has 0 radical (unpaired) electrons. The molecule has 0 saturated carbocycles. The van der Waals surface area contributed by atoms with Gasteiger partial charge in [0.1, 0.15) is 6.67 Å². The predicted octanol–water partition coefficient (Wildman–Crippen LogP) is 4.36. The van der Waals surface area contributed by atoms with Crippen LogP contribution >= 0.6 is 15.9 Å². The number of para-hydroxylation sites is 1. The summed E-state index contributed by atoms with van der Waals surface area (Å²) in [7, 11) is -10.4. The third-order valence-electron chi connectivity index (χ3n) is 4.81. The van der Waals surface area contributed by atoms with Crippen LogP contribution in [0.25, 0.3) is 0 Å². The molecule has 3 aromatic carbocycles. The second-order valence-corrected chi connectivity index (χ2v) is 11.7. The molecule has 0 fully saturated rings. The molecule has 0 bridgehead atoms. The van der Waals surface area contributed by atoms with Crippen molar-refractivity contribution in [2.24, 2.45) is 0 Å². The third-order valence-corrected chi connectivity index (χ3v) is 9.75. The van der Waals surface area contributed by atoms with E-state index in [0.717, 1.165) is 42.5 Å². The topological polar surface area (TPSA) is 158 Å². The maximum absolute atomic E-state index is 14.4. The van der Waals surface area contributed by atoms with Gasteiger partial charge in [0.05, 0.1) is 20.8 Å². The Balaban J connectivity index is 2.31. The number of sulfonamides is 2. The lowest BCUT2D eigenvalue weighted by Gasteiger charge is -2.28. The first-order valence-corrected chi connectivity index (χ1v) is 13.2. The van der Waals surface area contributed by atoms with Crippen LogP contribution in [0.5, 0.6) is 0 Å². The zero-order valence-electron chi connectivity index (χ0n) is 17.4. The van der Waals surface area contributed by atoms with Crippen molar-refractivity contribution in [2.75, 3.05) is 6.67 Å². The summed E-state index contributed by atoms with van der Waals surface area (Å²) in [5, 5.41) is 22.4. The highest BCUT2D eigenvalue weighted by Gasteiger charge is 2.45. The molecule has 0 saturated heterocycles. The van der Waals surface area contributed by atoms with E-state index < -0.39 is 63.8 Å². The number of nitro groups is 2. The second kappa shape index (κ2) is 10.2. The van der Waals surface area contributed by atoms with E-state index in [2.05, 4.69) is 15.9 Å². The minimum atomic E-state index is -5.26. The summed E-state index contributed by atoms with van der Waals surface area (Å²) in [4.78, 5) is 19.0. The Hall–Kier alpha value is -3.27. The summed E-state index contributed by atoms with van der Waals surface area (Å²) in [5.41, 5.74) is -1.43. The van der Waals surface area contributed by atoms with Gasteiger partial charge in [0.15, 0.2) is 4.90 Å². The summed E-state index contributed by atoms with van der Waals surface area (Å²) in [6.07, 6.45) is 0. The number of nitrogens with zero attached hydrogens (tertiary/aromatic N) is 3. The van der Waals surface area contributed by atoms with Crippen molar-refractivity contribution in [3.8, 4) is 0 Å². The Morgan fingerprint density at radius 1 is 0.829 bits per heavy atom. The maximum Gasteiger partial charge on any atom is 0.289 e. The van der Waals surface area contributed by atoms with E-state index in [1.165, 1.54) is 30.3 Å². The van der Waals surface area contributed by atoms with Gasteiger partial charge in [0.2, 0.25) is 0 Å². The molecule has 11 nitrogen and oxygen atoms in total. The van der Waals surface area contributed by atoms with Gasteiger partial charge in [0, 0.05) is 22.7 Å². The Labute approximate surface area is 207 Å². The summed E-state index contributed by atoms with van der Waals surface area (Å²) >= 11 is 3.18. The Kier molecular flexibility index (Phi) is 7.64. The minimum absolute atomic E-state index is 0.0525. The van der Waals surface area contributed by atoms with Crippen LogP contribution in [0.1, 0.15) is 11.6 Å². The number of halogens is 2. The van der Waals surface area contributed by atoms with E-state index in [1.54, 1.807) is 0 Å². The molecule has 0 aliphatic rings. The predicted molar refractivity (Wildman–Crippen MR) is 125 cm³/mol. The van der Waals surface area contributed by atoms with Crippen molar-refractivity contribution in [3.63, 3.8) is 0 Å². The third kappa shape index (κ3) is 5.22. The van der Waals surface area contributed by atoms with Crippen molar-refractivity contribution in [1.82, 2.24) is 3.71 Å². The van der Waals surface area contributed by atoms with Gasteiger partial charge in [-0.2, -0.15) is 0 Å². The van der Waals surface area contributed by atoms with Gasteiger partial charge in [-0.25, -0.2) is 21.2 Å². The lowest BCUT2D eigenvalue weighted by Crippen LogP contribution is -2.41. The standard InChI is InChI=1S/C20H15BrFN3O8S2/c21-15-7-5-14(6-8-15)19(13-22)25(34(30,31)17-11-9-16(10-12-17)23(26)27)35(32,33)20-4-2-1-3-18(20)24(28)29/h1-12,19H,13H2. The quantitative estimate of drug-likeness (QED) is 0.264. The van der Waals surface area contributed by atoms with E-state index in [9.17, 15) is 41.5 Å². The number of non-ortho nitro benzene ring substituents is 1. The molecule has 0 amide bonds. The molecule has 1 atom stereocenters. The zero-order chi connectivity index (χ0) is 26.0. The molecule has 0 heterocycles. The highest BCUT2D eigenvalue weighted by atomic mass is 79.9. The average molecular weight is 588 g/mol. The van der Waals surface area contributed by atoms with Crippen molar-refractivity contribution < 1.29 is 31.1 Å². The highest BCUT2D eigenvalue weighted by molar-refractivity contribution is 9.10. The van der Waals surface area contributed by atoms with Crippen LogP contribution in [-0.4, -0.2) is 37.1 Å². The summed E-state index contributed by atoms with van der Waals surface area (Å²) in [5.74, 6) is 0. The SMILES string of the molecule is O=[N+]([O-])c1ccc(S(=O)(=O)N(C(CF)c2ccc(Br)cc2)S(=O)(=O)c2ccccc2[N+](=O)[O-])cc1. The minimum Gasteiger partial charge on any atom is -0.258 e. The molecule has 0 aliphatic heterocycles. The first kappa shape index (κ1) is 26.3. The van der Waals surface area contributed by atoms with Crippen LogP contribution in [0.15, 0.2) is 87.1 Å². The molecule has 3 aromatic rings. The van der Waals surface area contributed by atoms with Gasteiger partial charge in [-0.1, -0.05) is 43.9 Å². The smallest absolute Gasteiger partial charge is 0.258 e. The van der Waals surface area contributed by atoms with E-state index in [-0.39, 0.29) is 9.27 Å². The second-order valence-electron chi connectivity index (χ2n) is 6.93. The molecular weight excluding hydrogens is 573 g/mol. The van der Waals surface area contributed by atoms with E-state index in [1.807, 2.05) is 0 Å². The van der Waals surface area contributed by atoms with Crippen LogP contribution in [-0.2, 0) is 20.0 Å². The molecule has 15 heteroatoms. The summed E-state index contributed by atoms with van der Waals surface area (Å²) in [6.45, 7) is -1.51. The number of benzene rings is 3. The molecule has 1 unspecified atom stereocenters. The van der Waals surface area contributed by atoms with Gasteiger partial charge in [0.25, 0.3) is 31.4 Å². The molecule has 184 valence electrons. The van der Waals surface area contributed by atoms with Gasteiger partial charge >= 0.3 is 0 Å². The number of hydrogen-bond acceptors (Lipinski definition) is 8. The molecule has 35 heavy (non-hydrogen) atoms. The van der Waals surface area contributed by atoms with Gasteiger partial charge in [-0.05, 0) is 35.9 Å². The lowest BCUT2D eigenvalue weighted by molar-refractivity contribution is -0.387. The van der Waals surface area contributed by atoms with Crippen LogP contribution in [0, 0.1) is 20.2 Å². The summed E-state index contributed by atoms with van der Waals surface area (Å²) in [6, 6.07) is 10.8. The van der Waals surface area contributed by atoms with Crippen LogP contribution < -0.4 is 0 Å². The van der Waals surface area contributed by atoms with E-state index >= 15 is 0 Å². The average Bonchev–Trinajstić information content (AvgIpc) is 2.82. The van der Waals surface area contributed by atoms with Crippen molar-refractivity contribution in [1.29, 1.82) is 0 Å². The number of alkyl halides is 1. The molecule has 0 spiro atoms. The molecular formula is C20H15BrFN3O8S2. The first-order chi connectivity index (χ1) is 16.4. The van der Waals surface area contributed by atoms with Crippen molar-refractivity contribution >= 4 is 47.4 Å².